The third kappa shape index (κ3) is 2.58. The molecule has 1 N–H and O–H groups in total. The Morgan fingerprint density at radius 2 is 2.17 bits per heavy atom. The highest BCUT2D eigenvalue weighted by atomic mass is 32.2. The predicted molar refractivity (Wildman–Crippen MR) is 75.1 cm³/mol. The molecule has 2 unspecified atom stereocenters. The van der Waals surface area contributed by atoms with Gasteiger partial charge in [-0.15, -0.1) is 0 Å². The van der Waals surface area contributed by atoms with Crippen molar-refractivity contribution in [3.05, 3.63) is 0 Å². The Kier molecular flexibility index (Phi) is 4.18. The fourth-order valence-electron chi connectivity index (χ4n) is 3.65. The van der Waals surface area contributed by atoms with Crippen molar-refractivity contribution in [1.29, 1.82) is 0 Å². The van der Waals surface area contributed by atoms with Crippen LogP contribution >= 0.6 is 11.8 Å². The molecular formula is C14H25NO2S. The average molecular weight is 271 g/mol. The first-order valence-corrected chi connectivity index (χ1v) is 8.57. The number of aliphatic hydroxyl groups is 1. The monoisotopic (exact) mass is 271 g/mol. The van der Waals surface area contributed by atoms with Gasteiger partial charge in [0.25, 0.3) is 0 Å². The molecule has 0 radical (unpaired) electrons. The summed E-state index contributed by atoms with van der Waals surface area (Å²) in [5.74, 6) is 2.44. The van der Waals surface area contributed by atoms with Crippen LogP contribution in [0, 0.1) is 0 Å². The summed E-state index contributed by atoms with van der Waals surface area (Å²) in [4.78, 5) is 2.59. The van der Waals surface area contributed by atoms with Gasteiger partial charge in [-0.2, -0.15) is 11.8 Å². The highest BCUT2D eigenvalue weighted by molar-refractivity contribution is 7.99. The van der Waals surface area contributed by atoms with Gasteiger partial charge in [-0.3, -0.25) is 4.90 Å². The molecule has 0 aromatic rings. The standard InChI is InChI=1S/C14H25NO2S/c16-7-6-15(12-2-1-3-12)13-4-8-17-14(10-13)5-9-18-11-14/h12-13,16H,1-11H2. The summed E-state index contributed by atoms with van der Waals surface area (Å²) >= 11 is 2.04. The minimum Gasteiger partial charge on any atom is -0.395 e. The Hall–Kier alpha value is 0.230. The minimum absolute atomic E-state index is 0.172. The highest BCUT2D eigenvalue weighted by Gasteiger charge is 2.43. The zero-order valence-electron chi connectivity index (χ0n) is 11.1. The van der Waals surface area contributed by atoms with Gasteiger partial charge < -0.3 is 9.84 Å². The van der Waals surface area contributed by atoms with Crippen molar-refractivity contribution in [3.63, 3.8) is 0 Å². The first kappa shape index (κ1) is 13.2. The summed E-state index contributed by atoms with van der Waals surface area (Å²) < 4.78 is 6.11. The van der Waals surface area contributed by atoms with E-state index >= 15 is 0 Å². The van der Waals surface area contributed by atoms with Crippen molar-refractivity contribution in [2.75, 3.05) is 31.3 Å². The van der Waals surface area contributed by atoms with E-state index in [1.165, 1.54) is 43.6 Å². The molecule has 0 aromatic carbocycles. The van der Waals surface area contributed by atoms with Crippen LogP contribution in [0.1, 0.15) is 38.5 Å². The third-order valence-corrected chi connectivity index (χ3v) is 6.13. The molecule has 1 spiro atoms. The highest BCUT2D eigenvalue weighted by Crippen LogP contribution is 2.41. The maximum absolute atomic E-state index is 9.32. The van der Waals surface area contributed by atoms with Crippen LogP contribution in [0.3, 0.4) is 0 Å². The van der Waals surface area contributed by atoms with Crippen LogP contribution in [0.25, 0.3) is 0 Å². The van der Waals surface area contributed by atoms with Gasteiger partial charge in [-0.25, -0.2) is 0 Å². The molecule has 4 heteroatoms. The van der Waals surface area contributed by atoms with E-state index in [9.17, 15) is 5.11 Å². The van der Waals surface area contributed by atoms with E-state index in [2.05, 4.69) is 4.90 Å². The van der Waals surface area contributed by atoms with E-state index < -0.39 is 0 Å². The molecule has 2 heterocycles. The number of ether oxygens (including phenoxy) is 1. The molecule has 3 fully saturated rings. The largest absolute Gasteiger partial charge is 0.395 e. The van der Waals surface area contributed by atoms with Gasteiger partial charge in [0.15, 0.2) is 0 Å². The maximum Gasteiger partial charge on any atom is 0.0795 e. The second-order valence-electron chi connectivity index (χ2n) is 6.03. The summed E-state index contributed by atoms with van der Waals surface area (Å²) in [6.07, 6.45) is 7.61. The lowest BCUT2D eigenvalue weighted by atomic mass is 9.84. The first-order valence-electron chi connectivity index (χ1n) is 7.41. The summed E-state index contributed by atoms with van der Waals surface area (Å²) in [5, 5.41) is 9.32. The fourth-order valence-corrected chi connectivity index (χ4v) is 5.02. The molecule has 2 saturated heterocycles. The number of aliphatic hydroxyl groups excluding tert-OH is 1. The van der Waals surface area contributed by atoms with Crippen molar-refractivity contribution in [1.82, 2.24) is 4.90 Å². The van der Waals surface area contributed by atoms with Crippen molar-refractivity contribution in [2.45, 2.75) is 56.2 Å². The van der Waals surface area contributed by atoms with Crippen LogP contribution < -0.4 is 0 Å². The van der Waals surface area contributed by atoms with Gasteiger partial charge in [0.2, 0.25) is 0 Å². The Morgan fingerprint density at radius 3 is 2.78 bits per heavy atom. The van der Waals surface area contributed by atoms with Gasteiger partial charge >= 0.3 is 0 Å². The van der Waals surface area contributed by atoms with Crippen LogP contribution in [0.2, 0.25) is 0 Å². The zero-order valence-corrected chi connectivity index (χ0v) is 12.0. The second kappa shape index (κ2) is 5.70. The molecule has 18 heavy (non-hydrogen) atoms. The lowest BCUT2D eigenvalue weighted by Crippen LogP contribution is -2.54. The molecule has 0 amide bonds. The molecular weight excluding hydrogens is 246 g/mol. The van der Waals surface area contributed by atoms with Gasteiger partial charge in [-0.05, 0) is 37.9 Å². The van der Waals surface area contributed by atoms with E-state index in [4.69, 9.17) is 4.74 Å². The number of hydrogen-bond donors (Lipinski definition) is 1. The predicted octanol–water partition coefficient (Wildman–Crippen LogP) is 1.89. The van der Waals surface area contributed by atoms with E-state index in [-0.39, 0.29) is 5.60 Å². The third-order valence-electron chi connectivity index (χ3n) is 4.91. The van der Waals surface area contributed by atoms with Gasteiger partial charge in [0.05, 0.1) is 12.2 Å². The van der Waals surface area contributed by atoms with Crippen molar-refractivity contribution >= 4 is 11.8 Å². The van der Waals surface area contributed by atoms with E-state index in [0.29, 0.717) is 12.6 Å². The quantitative estimate of drug-likeness (QED) is 0.846. The maximum atomic E-state index is 9.32. The molecule has 1 saturated carbocycles. The van der Waals surface area contributed by atoms with E-state index in [1.54, 1.807) is 0 Å². The van der Waals surface area contributed by atoms with Gasteiger partial charge in [-0.1, -0.05) is 6.42 Å². The fraction of sp³-hybridized carbons (Fsp3) is 1.00. The van der Waals surface area contributed by atoms with Gasteiger partial charge in [0.1, 0.15) is 0 Å². The lowest BCUT2D eigenvalue weighted by molar-refractivity contribution is -0.101. The normalized spacial score (nSPS) is 37.3. The molecule has 1 aliphatic carbocycles. The number of hydrogen-bond acceptors (Lipinski definition) is 4. The van der Waals surface area contributed by atoms with Gasteiger partial charge in [0, 0.05) is 31.0 Å². The molecule has 2 aliphatic heterocycles. The lowest BCUT2D eigenvalue weighted by Gasteiger charge is -2.47. The summed E-state index contributed by atoms with van der Waals surface area (Å²) in [6.45, 7) is 2.08. The summed E-state index contributed by atoms with van der Waals surface area (Å²) in [7, 11) is 0. The summed E-state index contributed by atoms with van der Waals surface area (Å²) in [6, 6.07) is 1.39. The minimum atomic E-state index is 0.172. The van der Waals surface area contributed by atoms with Crippen LogP contribution in [0.5, 0.6) is 0 Å². The molecule has 3 nitrogen and oxygen atoms in total. The molecule has 3 rings (SSSR count). The molecule has 3 aliphatic rings. The van der Waals surface area contributed by atoms with Crippen LogP contribution in [0.15, 0.2) is 0 Å². The topological polar surface area (TPSA) is 32.7 Å². The molecule has 0 aromatic heterocycles. The Morgan fingerprint density at radius 1 is 1.28 bits per heavy atom. The van der Waals surface area contributed by atoms with E-state index in [1.807, 2.05) is 11.8 Å². The summed E-state index contributed by atoms with van der Waals surface area (Å²) in [5.41, 5.74) is 0.172. The first-order chi connectivity index (χ1) is 8.83. The molecule has 0 bridgehead atoms. The zero-order chi connectivity index (χ0) is 12.4. The SMILES string of the molecule is OCCN(C1CCC1)C1CCOC2(CCSC2)C1. The number of nitrogens with zero attached hydrogens (tertiary/aromatic N) is 1. The van der Waals surface area contributed by atoms with Crippen LogP contribution in [0.4, 0.5) is 0 Å². The van der Waals surface area contributed by atoms with Crippen molar-refractivity contribution in [3.8, 4) is 0 Å². The van der Waals surface area contributed by atoms with Crippen LogP contribution in [-0.4, -0.2) is 59.0 Å². The molecule has 104 valence electrons. The molecule has 2 atom stereocenters. The van der Waals surface area contributed by atoms with Crippen molar-refractivity contribution < 1.29 is 9.84 Å². The van der Waals surface area contributed by atoms with Crippen molar-refractivity contribution in [2.24, 2.45) is 0 Å². The number of thioether (sulfide) groups is 1. The van der Waals surface area contributed by atoms with Crippen LogP contribution in [-0.2, 0) is 4.74 Å². The Labute approximate surface area is 114 Å². The number of rotatable bonds is 4. The Balaban J connectivity index is 1.65. The Bertz CT molecular complexity index is 277. The van der Waals surface area contributed by atoms with E-state index in [0.717, 1.165) is 25.6 Å². The average Bonchev–Trinajstić information content (AvgIpc) is 2.74. The second-order valence-corrected chi connectivity index (χ2v) is 7.13. The smallest absolute Gasteiger partial charge is 0.0795 e.